The molecule has 0 saturated carbocycles. The van der Waals surface area contributed by atoms with Crippen molar-refractivity contribution in [3.05, 3.63) is 46.2 Å². The van der Waals surface area contributed by atoms with Crippen molar-refractivity contribution in [3.8, 4) is 0 Å². The summed E-state index contributed by atoms with van der Waals surface area (Å²) in [4.78, 5) is 4.32. The van der Waals surface area contributed by atoms with Crippen LogP contribution in [0.15, 0.2) is 34.9 Å². The van der Waals surface area contributed by atoms with Crippen molar-refractivity contribution in [3.63, 3.8) is 0 Å². The molecule has 1 heterocycles. The number of imidazole rings is 1. The summed E-state index contributed by atoms with van der Waals surface area (Å²) < 4.78 is 2.82. The molecule has 0 radical (unpaired) electrons. The number of halogens is 1. The molecule has 84 valence electrons. The van der Waals surface area contributed by atoms with Gasteiger partial charge in [0.1, 0.15) is 4.60 Å². The molecule has 2 rings (SSSR count). The summed E-state index contributed by atoms with van der Waals surface area (Å²) in [6, 6.07) is 10.4. The van der Waals surface area contributed by atoms with Crippen molar-refractivity contribution in [2.24, 2.45) is 7.05 Å². The topological polar surface area (TPSA) is 43.8 Å². The van der Waals surface area contributed by atoms with E-state index in [-0.39, 0.29) is 0 Å². The lowest BCUT2D eigenvalue weighted by atomic mass is 10.1. The van der Waals surface area contributed by atoms with Crippen LogP contribution >= 0.6 is 15.9 Å². The molecule has 0 aliphatic carbocycles. The zero-order valence-corrected chi connectivity index (χ0v) is 10.7. The third kappa shape index (κ3) is 2.27. The van der Waals surface area contributed by atoms with Gasteiger partial charge in [0.15, 0.2) is 0 Å². The molecule has 3 nitrogen and oxygen atoms in total. The Balaban J connectivity index is 2.08. The molecule has 0 aliphatic rings. The Morgan fingerprint density at radius 3 is 2.50 bits per heavy atom. The van der Waals surface area contributed by atoms with Crippen molar-refractivity contribution in [2.45, 2.75) is 12.8 Å². The van der Waals surface area contributed by atoms with Gasteiger partial charge in [-0.15, -0.1) is 0 Å². The van der Waals surface area contributed by atoms with Crippen LogP contribution in [0.3, 0.4) is 0 Å². The molecular formula is C12H14BrN3. The Hall–Kier alpha value is -1.29. The highest BCUT2D eigenvalue weighted by molar-refractivity contribution is 9.10. The van der Waals surface area contributed by atoms with Crippen LogP contribution in [0.1, 0.15) is 11.3 Å². The summed E-state index contributed by atoms with van der Waals surface area (Å²) in [5, 5.41) is 0. The number of aryl methyl sites for hydroxylation is 2. The minimum atomic E-state index is 0.551. The molecule has 2 N–H and O–H groups in total. The molecule has 0 saturated heterocycles. The molecule has 0 spiro atoms. The Morgan fingerprint density at radius 1 is 1.25 bits per heavy atom. The van der Waals surface area contributed by atoms with Crippen molar-refractivity contribution in [2.75, 3.05) is 5.73 Å². The Morgan fingerprint density at radius 2 is 1.94 bits per heavy atom. The molecule has 0 unspecified atom stereocenters. The molecule has 1 aromatic heterocycles. The molecule has 0 fully saturated rings. The van der Waals surface area contributed by atoms with Crippen LogP contribution < -0.4 is 5.73 Å². The molecule has 1 aromatic carbocycles. The van der Waals surface area contributed by atoms with Gasteiger partial charge in [0, 0.05) is 7.05 Å². The van der Waals surface area contributed by atoms with Crippen LogP contribution in [-0.2, 0) is 19.9 Å². The Labute approximate surface area is 103 Å². The van der Waals surface area contributed by atoms with E-state index in [1.165, 1.54) is 5.56 Å². The minimum absolute atomic E-state index is 0.551. The van der Waals surface area contributed by atoms with Gasteiger partial charge in [-0.1, -0.05) is 30.3 Å². The monoisotopic (exact) mass is 279 g/mol. The van der Waals surface area contributed by atoms with Gasteiger partial charge in [0.2, 0.25) is 5.95 Å². The van der Waals surface area contributed by atoms with Crippen LogP contribution in [0.4, 0.5) is 5.95 Å². The van der Waals surface area contributed by atoms with E-state index in [1.54, 1.807) is 0 Å². The summed E-state index contributed by atoms with van der Waals surface area (Å²) in [5.74, 6) is 0.551. The fraction of sp³-hybridized carbons (Fsp3) is 0.250. The first kappa shape index (κ1) is 11.2. The lowest BCUT2D eigenvalue weighted by molar-refractivity contribution is 0.884. The van der Waals surface area contributed by atoms with Gasteiger partial charge in [-0.25, -0.2) is 4.98 Å². The third-order valence-corrected chi connectivity index (χ3v) is 3.61. The zero-order valence-electron chi connectivity index (χ0n) is 9.15. The number of anilines is 1. The van der Waals surface area contributed by atoms with Gasteiger partial charge in [0.05, 0.1) is 5.69 Å². The summed E-state index contributed by atoms with van der Waals surface area (Å²) in [5.41, 5.74) is 8.07. The Bertz CT molecular complexity index is 477. The first-order valence-electron chi connectivity index (χ1n) is 5.19. The van der Waals surface area contributed by atoms with Crippen molar-refractivity contribution < 1.29 is 0 Å². The van der Waals surface area contributed by atoms with Crippen molar-refractivity contribution in [1.29, 1.82) is 0 Å². The van der Waals surface area contributed by atoms with Crippen LogP contribution in [0, 0.1) is 0 Å². The third-order valence-electron chi connectivity index (χ3n) is 2.62. The van der Waals surface area contributed by atoms with E-state index < -0.39 is 0 Å². The van der Waals surface area contributed by atoms with E-state index in [1.807, 2.05) is 17.7 Å². The highest BCUT2D eigenvalue weighted by atomic mass is 79.9. The number of aromatic nitrogens is 2. The second-order valence-corrected chi connectivity index (χ2v) is 4.50. The highest BCUT2D eigenvalue weighted by Gasteiger charge is 2.09. The molecule has 4 heteroatoms. The van der Waals surface area contributed by atoms with Gasteiger partial charge in [-0.2, -0.15) is 0 Å². The number of hydrogen-bond acceptors (Lipinski definition) is 2. The summed E-state index contributed by atoms with van der Waals surface area (Å²) in [6.07, 6.45) is 1.88. The molecule has 16 heavy (non-hydrogen) atoms. The van der Waals surface area contributed by atoms with Crippen molar-refractivity contribution >= 4 is 21.9 Å². The second-order valence-electron chi connectivity index (χ2n) is 3.75. The minimum Gasteiger partial charge on any atom is -0.369 e. The largest absolute Gasteiger partial charge is 0.369 e. The predicted molar refractivity (Wildman–Crippen MR) is 69.2 cm³/mol. The molecule has 0 atom stereocenters. The quantitative estimate of drug-likeness (QED) is 0.939. The van der Waals surface area contributed by atoms with E-state index in [2.05, 4.69) is 45.2 Å². The van der Waals surface area contributed by atoms with E-state index in [4.69, 9.17) is 5.73 Å². The second kappa shape index (κ2) is 4.70. The molecule has 0 bridgehead atoms. The zero-order chi connectivity index (χ0) is 11.5. The maximum atomic E-state index is 5.73. The number of benzene rings is 1. The number of rotatable bonds is 3. The highest BCUT2D eigenvalue weighted by Crippen LogP contribution is 2.20. The SMILES string of the molecule is Cn1c(N)nc(CCc2ccccc2)c1Br. The van der Waals surface area contributed by atoms with Crippen LogP contribution in [0.2, 0.25) is 0 Å². The smallest absolute Gasteiger partial charge is 0.201 e. The Kier molecular flexibility index (Phi) is 3.29. The van der Waals surface area contributed by atoms with E-state index in [0.29, 0.717) is 5.95 Å². The molecule has 0 aliphatic heterocycles. The van der Waals surface area contributed by atoms with Gasteiger partial charge in [0.25, 0.3) is 0 Å². The normalized spacial score (nSPS) is 10.6. The van der Waals surface area contributed by atoms with Gasteiger partial charge < -0.3 is 10.3 Å². The molecule has 2 aromatic rings. The summed E-state index contributed by atoms with van der Waals surface area (Å²) in [7, 11) is 1.90. The van der Waals surface area contributed by atoms with Gasteiger partial charge in [-0.05, 0) is 34.3 Å². The van der Waals surface area contributed by atoms with Crippen LogP contribution in [-0.4, -0.2) is 9.55 Å². The van der Waals surface area contributed by atoms with E-state index in [9.17, 15) is 0 Å². The number of nitrogen functional groups attached to an aromatic ring is 1. The average molecular weight is 280 g/mol. The number of nitrogens with zero attached hydrogens (tertiary/aromatic N) is 2. The fourth-order valence-corrected chi connectivity index (χ4v) is 2.09. The molecular weight excluding hydrogens is 266 g/mol. The summed E-state index contributed by atoms with van der Waals surface area (Å²) in [6.45, 7) is 0. The lowest BCUT2D eigenvalue weighted by Crippen LogP contribution is -1.96. The first-order chi connectivity index (χ1) is 7.68. The van der Waals surface area contributed by atoms with Gasteiger partial charge in [-0.3, -0.25) is 0 Å². The van der Waals surface area contributed by atoms with Crippen LogP contribution in [0.5, 0.6) is 0 Å². The molecule has 0 amide bonds. The summed E-state index contributed by atoms with van der Waals surface area (Å²) >= 11 is 3.50. The number of hydrogen-bond donors (Lipinski definition) is 1. The first-order valence-corrected chi connectivity index (χ1v) is 5.98. The standard InChI is InChI=1S/C12H14BrN3/c1-16-11(13)10(15-12(16)14)8-7-9-5-3-2-4-6-9/h2-6H,7-8H2,1H3,(H2,14,15). The average Bonchev–Trinajstić information content (AvgIpc) is 2.56. The predicted octanol–water partition coefficient (Wildman–Crippen LogP) is 2.55. The maximum absolute atomic E-state index is 5.73. The van der Waals surface area contributed by atoms with Gasteiger partial charge >= 0.3 is 0 Å². The maximum Gasteiger partial charge on any atom is 0.201 e. The number of nitrogens with two attached hydrogens (primary N) is 1. The van der Waals surface area contributed by atoms with Crippen LogP contribution in [0.25, 0.3) is 0 Å². The van der Waals surface area contributed by atoms with E-state index >= 15 is 0 Å². The van der Waals surface area contributed by atoms with E-state index in [0.717, 1.165) is 23.1 Å². The lowest BCUT2D eigenvalue weighted by Gasteiger charge is -1.99. The fourth-order valence-electron chi connectivity index (χ4n) is 1.62. The van der Waals surface area contributed by atoms with Crippen molar-refractivity contribution in [1.82, 2.24) is 9.55 Å².